The van der Waals surface area contributed by atoms with Crippen molar-refractivity contribution in [3.05, 3.63) is 0 Å². The average Bonchev–Trinajstić information content (AvgIpc) is 3.12. The predicted molar refractivity (Wildman–Crippen MR) is 68.7 cm³/mol. The highest BCUT2D eigenvalue weighted by atomic mass is 16.4. The van der Waals surface area contributed by atoms with Gasteiger partial charge in [-0.15, -0.1) is 0 Å². The first-order chi connectivity index (χ1) is 9.06. The number of carboxylic acid groups (broad SMARTS) is 1. The van der Waals surface area contributed by atoms with Crippen LogP contribution < -0.4 is 5.32 Å². The quantitative estimate of drug-likeness (QED) is 0.638. The first-order valence-corrected chi connectivity index (χ1v) is 6.93. The van der Waals surface area contributed by atoms with E-state index < -0.39 is 5.97 Å². The molecule has 2 rings (SSSR count). The molecule has 0 aliphatic heterocycles. The van der Waals surface area contributed by atoms with Gasteiger partial charge in [0.2, 0.25) is 0 Å². The van der Waals surface area contributed by atoms with Crippen molar-refractivity contribution in [2.24, 2.45) is 5.41 Å². The van der Waals surface area contributed by atoms with Gasteiger partial charge in [-0.2, -0.15) is 0 Å². The Hall–Kier alpha value is -1.30. The standard InChI is InChI=1S/C13H22N2O4/c16-7-6-15(10-2-3-10)12(19)14-9-13(4-1-5-13)8-11(17)18/h10,16H,1-9H2,(H,14,19)(H,17,18). The molecular weight excluding hydrogens is 248 g/mol. The number of hydrogen-bond acceptors (Lipinski definition) is 3. The van der Waals surface area contributed by atoms with E-state index in [1.54, 1.807) is 4.90 Å². The number of carboxylic acids is 1. The van der Waals surface area contributed by atoms with E-state index in [-0.39, 0.29) is 30.5 Å². The molecule has 6 heteroatoms. The number of nitrogens with zero attached hydrogens (tertiary/aromatic N) is 1. The maximum Gasteiger partial charge on any atom is 0.317 e. The van der Waals surface area contributed by atoms with Crippen molar-refractivity contribution in [1.82, 2.24) is 10.2 Å². The van der Waals surface area contributed by atoms with Crippen molar-refractivity contribution in [3.8, 4) is 0 Å². The van der Waals surface area contributed by atoms with Crippen LogP contribution in [-0.2, 0) is 4.79 Å². The fraction of sp³-hybridized carbons (Fsp3) is 0.846. The molecule has 108 valence electrons. The van der Waals surface area contributed by atoms with Gasteiger partial charge in [0.05, 0.1) is 13.0 Å². The number of aliphatic hydroxyl groups excluding tert-OH is 1. The van der Waals surface area contributed by atoms with Crippen LogP contribution >= 0.6 is 0 Å². The van der Waals surface area contributed by atoms with E-state index in [1.807, 2.05) is 0 Å². The summed E-state index contributed by atoms with van der Waals surface area (Å²) in [6.07, 6.45) is 4.87. The normalized spacial score (nSPS) is 20.5. The van der Waals surface area contributed by atoms with Gasteiger partial charge in [-0.25, -0.2) is 4.79 Å². The van der Waals surface area contributed by atoms with Crippen LogP contribution in [0.25, 0.3) is 0 Å². The summed E-state index contributed by atoms with van der Waals surface area (Å²) in [6, 6.07) is 0.0807. The smallest absolute Gasteiger partial charge is 0.317 e. The molecule has 2 aliphatic carbocycles. The lowest BCUT2D eigenvalue weighted by Gasteiger charge is -2.41. The van der Waals surface area contributed by atoms with Gasteiger partial charge >= 0.3 is 12.0 Å². The third-order valence-electron chi connectivity index (χ3n) is 4.14. The van der Waals surface area contributed by atoms with E-state index in [9.17, 15) is 9.59 Å². The maximum atomic E-state index is 12.0. The molecule has 0 radical (unpaired) electrons. The van der Waals surface area contributed by atoms with Crippen LogP contribution in [0.5, 0.6) is 0 Å². The van der Waals surface area contributed by atoms with Gasteiger partial charge in [-0.05, 0) is 31.1 Å². The Bertz CT molecular complexity index is 351. The van der Waals surface area contributed by atoms with Crippen LogP contribution in [-0.4, -0.2) is 52.9 Å². The molecule has 0 unspecified atom stereocenters. The van der Waals surface area contributed by atoms with Crippen LogP contribution in [0.3, 0.4) is 0 Å². The van der Waals surface area contributed by atoms with Crippen molar-refractivity contribution >= 4 is 12.0 Å². The van der Waals surface area contributed by atoms with E-state index in [2.05, 4.69) is 5.32 Å². The van der Waals surface area contributed by atoms with Crippen molar-refractivity contribution in [2.45, 2.75) is 44.6 Å². The Morgan fingerprint density at radius 2 is 2.00 bits per heavy atom. The average molecular weight is 270 g/mol. The molecule has 0 atom stereocenters. The van der Waals surface area contributed by atoms with Gasteiger partial charge in [-0.3, -0.25) is 4.79 Å². The van der Waals surface area contributed by atoms with Crippen LogP contribution in [0.15, 0.2) is 0 Å². The topological polar surface area (TPSA) is 89.9 Å². The Balaban J connectivity index is 1.82. The Labute approximate surface area is 112 Å². The Morgan fingerprint density at radius 3 is 2.42 bits per heavy atom. The van der Waals surface area contributed by atoms with E-state index >= 15 is 0 Å². The summed E-state index contributed by atoms with van der Waals surface area (Å²) >= 11 is 0. The number of hydrogen-bond donors (Lipinski definition) is 3. The summed E-state index contributed by atoms with van der Waals surface area (Å²) in [7, 11) is 0. The predicted octanol–water partition coefficient (Wildman–Crippen LogP) is 0.798. The molecule has 3 N–H and O–H groups in total. The number of aliphatic hydroxyl groups is 1. The fourth-order valence-electron chi connectivity index (χ4n) is 2.72. The Morgan fingerprint density at radius 1 is 1.32 bits per heavy atom. The molecule has 2 fully saturated rings. The first kappa shape index (κ1) is 14.1. The maximum absolute atomic E-state index is 12.0. The van der Waals surface area contributed by atoms with Crippen LogP contribution in [0, 0.1) is 5.41 Å². The third kappa shape index (κ3) is 3.59. The Kier molecular flexibility index (Phi) is 4.29. The molecule has 2 aliphatic rings. The zero-order valence-corrected chi connectivity index (χ0v) is 11.1. The van der Waals surface area contributed by atoms with Crippen LogP contribution in [0.1, 0.15) is 38.5 Å². The molecule has 0 aromatic carbocycles. The second kappa shape index (κ2) is 5.77. The summed E-state index contributed by atoms with van der Waals surface area (Å²) in [5.74, 6) is -0.802. The second-order valence-electron chi connectivity index (χ2n) is 5.73. The van der Waals surface area contributed by atoms with Crippen molar-refractivity contribution in [2.75, 3.05) is 19.7 Å². The molecule has 2 amide bonds. The number of carbonyl (C=O) groups is 2. The highest BCUT2D eigenvalue weighted by Crippen LogP contribution is 2.43. The summed E-state index contributed by atoms with van der Waals surface area (Å²) in [5.41, 5.74) is -0.254. The fourth-order valence-corrected chi connectivity index (χ4v) is 2.72. The summed E-state index contributed by atoms with van der Waals surface area (Å²) in [4.78, 5) is 24.6. The van der Waals surface area contributed by atoms with Gasteiger partial charge in [0.15, 0.2) is 0 Å². The van der Waals surface area contributed by atoms with Crippen molar-refractivity contribution < 1.29 is 19.8 Å². The number of rotatable bonds is 7. The van der Waals surface area contributed by atoms with E-state index in [1.165, 1.54) is 0 Å². The van der Waals surface area contributed by atoms with Gasteiger partial charge in [-0.1, -0.05) is 6.42 Å². The molecule has 6 nitrogen and oxygen atoms in total. The van der Waals surface area contributed by atoms with E-state index in [0.29, 0.717) is 13.1 Å². The number of nitrogens with one attached hydrogen (secondary N) is 1. The zero-order valence-electron chi connectivity index (χ0n) is 11.1. The molecule has 0 heterocycles. The number of amides is 2. The number of carbonyl (C=O) groups excluding carboxylic acids is 1. The molecule has 0 bridgehead atoms. The monoisotopic (exact) mass is 270 g/mol. The third-order valence-corrected chi connectivity index (χ3v) is 4.14. The van der Waals surface area contributed by atoms with Crippen LogP contribution in [0.2, 0.25) is 0 Å². The minimum absolute atomic E-state index is 0.0375. The molecule has 0 aromatic heterocycles. The highest BCUT2D eigenvalue weighted by molar-refractivity contribution is 5.75. The second-order valence-corrected chi connectivity index (χ2v) is 5.73. The SMILES string of the molecule is O=C(O)CC1(CNC(=O)N(CCO)C2CC2)CCC1. The lowest BCUT2D eigenvalue weighted by molar-refractivity contribution is -0.141. The number of urea groups is 1. The summed E-state index contributed by atoms with van der Waals surface area (Å²) in [5, 5.41) is 20.7. The van der Waals surface area contributed by atoms with E-state index in [0.717, 1.165) is 32.1 Å². The van der Waals surface area contributed by atoms with Gasteiger partial charge in [0.25, 0.3) is 0 Å². The summed E-state index contributed by atoms with van der Waals surface area (Å²) in [6.45, 7) is 0.736. The first-order valence-electron chi connectivity index (χ1n) is 6.93. The summed E-state index contributed by atoms with van der Waals surface area (Å²) < 4.78 is 0. The van der Waals surface area contributed by atoms with Gasteiger partial charge < -0.3 is 20.4 Å². The lowest BCUT2D eigenvalue weighted by Crippen LogP contribution is -2.49. The van der Waals surface area contributed by atoms with Gasteiger partial charge in [0.1, 0.15) is 0 Å². The van der Waals surface area contributed by atoms with Crippen LogP contribution in [0.4, 0.5) is 4.79 Å². The molecule has 19 heavy (non-hydrogen) atoms. The molecule has 0 saturated heterocycles. The van der Waals surface area contributed by atoms with Crippen molar-refractivity contribution in [3.63, 3.8) is 0 Å². The lowest BCUT2D eigenvalue weighted by atomic mass is 9.66. The van der Waals surface area contributed by atoms with Crippen molar-refractivity contribution in [1.29, 1.82) is 0 Å². The zero-order chi connectivity index (χ0) is 13.9. The minimum atomic E-state index is -0.802. The molecule has 2 saturated carbocycles. The molecule has 0 spiro atoms. The number of aliphatic carboxylic acids is 1. The van der Waals surface area contributed by atoms with Gasteiger partial charge in [0, 0.05) is 19.1 Å². The highest BCUT2D eigenvalue weighted by Gasteiger charge is 2.40. The molecular formula is C13H22N2O4. The largest absolute Gasteiger partial charge is 0.481 e. The minimum Gasteiger partial charge on any atom is -0.481 e. The molecule has 0 aromatic rings. The van der Waals surface area contributed by atoms with E-state index in [4.69, 9.17) is 10.2 Å².